The van der Waals surface area contributed by atoms with Crippen molar-refractivity contribution in [2.24, 2.45) is 0 Å². The van der Waals surface area contributed by atoms with E-state index in [0.29, 0.717) is 22.7 Å². The van der Waals surface area contributed by atoms with Crippen LogP contribution in [0.3, 0.4) is 0 Å². The highest BCUT2D eigenvalue weighted by molar-refractivity contribution is 7.22. The lowest BCUT2D eigenvalue weighted by atomic mass is 10.2. The van der Waals surface area contributed by atoms with Crippen molar-refractivity contribution in [3.8, 4) is 5.75 Å². The van der Waals surface area contributed by atoms with Gasteiger partial charge in [-0.1, -0.05) is 23.5 Å². The number of carbonyl (C=O) groups excluding carboxylic acids is 1. The molecule has 0 aliphatic heterocycles. The Balaban J connectivity index is 1.52. The minimum absolute atomic E-state index is 0.0778. The maximum atomic E-state index is 12.3. The fraction of sp³-hybridized carbons (Fsp3) is 0.105. The number of para-hydroxylation sites is 1. The van der Waals surface area contributed by atoms with E-state index in [2.05, 4.69) is 15.8 Å². The SMILES string of the molecule is CCOc1ccc2nc(NNC(=O)c3cc(=O)c4ccccc4o3)sc2c1. The monoisotopic (exact) mass is 381 g/mol. The molecule has 0 unspecified atom stereocenters. The van der Waals surface area contributed by atoms with Gasteiger partial charge in [-0.25, -0.2) is 4.98 Å². The van der Waals surface area contributed by atoms with Gasteiger partial charge in [-0.2, -0.15) is 0 Å². The van der Waals surface area contributed by atoms with E-state index in [4.69, 9.17) is 9.15 Å². The van der Waals surface area contributed by atoms with Crippen LogP contribution >= 0.6 is 11.3 Å². The lowest BCUT2D eigenvalue weighted by Gasteiger charge is -2.05. The highest BCUT2D eigenvalue weighted by atomic mass is 32.1. The van der Waals surface area contributed by atoms with Gasteiger partial charge in [-0.05, 0) is 37.3 Å². The molecule has 0 aliphatic rings. The number of aromatic nitrogens is 1. The van der Waals surface area contributed by atoms with E-state index in [1.807, 2.05) is 25.1 Å². The molecule has 2 aromatic carbocycles. The number of anilines is 1. The smallest absolute Gasteiger partial charge is 0.305 e. The number of benzene rings is 2. The topological polar surface area (TPSA) is 93.5 Å². The minimum atomic E-state index is -0.563. The van der Waals surface area contributed by atoms with Gasteiger partial charge >= 0.3 is 5.91 Å². The molecule has 0 fully saturated rings. The normalized spacial score (nSPS) is 10.9. The van der Waals surface area contributed by atoms with E-state index in [1.54, 1.807) is 24.3 Å². The summed E-state index contributed by atoms with van der Waals surface area (Å²) in [5, 5.41) is 0.938. The first-order valence-corrected chi connectivity index (χ1v) is 9.08. The molecule has 27 heavy (non-hydrogen) atoms. The van der Waals surface area contributed by atoms with Gasteiger partial charge in [0.05, 0.1) is 22.2 Å². The summed E-state index contributed by atoms with van der Waals surface area (Å²) in [6.07, 6.45) is 0. The maximum absolute atomic E-state index is 12.3. The van der Waals surface area contributed by atoms with Crippen molar-refractivity contribution in [2.45, 2.75) is 6.92 Å². The molecule has 4 aromatic rings. The summed E-state index contributed by atoms with van der Waals surface area (Å²) in [5.74, 6) is 0.125. The molecule has 0 bridgehead atoms. The van der Waals surface area contributed by atoms with Crippen LogP contribution in [0.4, 0.5) is 5.13 Å². The third-order valence-electron chi connectivity index (χ3n) is 3.81. The Hall–Kier alpha value is -3.39. The number of nitrogens with zero attached hydrogens (tertiary/aromatic N) is 1. The number of fused-ring (bicyclic) bond motifs is 2. The van der Waals surface area contributed by atoms with Crippen LogP contribution in [0.5, 0.6) is 5.75 Å². The largest absolute Gasteiger partial charge is 0.494 e. The Bertz CT molecular complexity index is 1200. The summed E-state index contributed by atoms with van der Waals surface area (Å²) in [6, 6.07) is 13.5. The molecule has 2 aromatic heterocycles. The molecule has 8 heteroatoms. The van der Waals surface area contributed by atoms with Crippen molar-refractivity contribution in [1.29, 1.82) is 0 Å². The fourth-order valence-corrected chi connectivity index (χ4v) is 3.45. The van der Waals surface area contributed by atoms with E-state index in [9.17, 15) is 9.59 Å². The predicted molar refractivity (Wildman–Crippen MR) is 104 cm³/mol. The number of carbonyl (C=O) groups is 1. The molecule has 2 heterocycles. The van der Waals surface area contributed by atoms with E-state index >= 15 is 0 Å². The van der Waals surface area contributed by atoms with E-state index in [0.717, 1.165) is 16.0 Å². The highest BCUT2D eigenvalue weighted by Gasteiger charge is 2.13. The van der Waals surface area contributed by atoms with Crippen LogP contribution in [0.25, 0.3) is 21.2 Å². The Morgan fingerprint density at radius 1 is 1.22 bits per heavy atom. The van der Waals surface area contributed by atoms with Crippen LogP contribution in [-0.2, 0) is 0 Å². The van der Waals surface area contributed by atoms with Gasteiger partial charge in [-0.3, -0.25) is 20.4 Å². The van der Waals surface area contributed by atoms with Crippen LogP contribution in [0.15, 0.2) is 57.7 Å². The number of ether oxygens (including phenoxy) is 1. The van der Waals surface area contributed by atoms with E-state index in [1.165, 1.54) is 17.4 Å². The number of thiazole rings is 1. The Kier molecular flexibility index (Phi) is 4.47. The summed E-state index contributed by atoms with van der Waals surface area (Å²) in [7, 11) is 0. The van der Waals surface area contributed by atoms with Crippen molar-refractivity contribution in [3.63, 3.8) is 0 Å². The standard InChI is InChI=1S/C19H15N3O4S/c1-2-25-11-7-8-13-17(9-11)27-19(20-13)22-21-18(24)16-10-14(23)12-5-3-4-6-15(12)26-16/h3-10H,2H2,1H3,(H,20,22)(H,21,24). The summed E-state index contributed by atoms with van der Waals surface area (Å²) in [6.45, 7) is 2.51. The van der Waals surface area contributed by atoms with E-state index in [-0.39, 0.29) is 11.2 Å². The number of hydrogen-bond donors (Lipinski definition) is 2. The van der Waals surface area contributed by atoms with Gasteiger partial charge in [0.25, 0.3) is 0 Å². The van der Waals surface area contributed by atoms with Gasteiger partial charge in [0, 0.05) is 6.07 Å². The van der Waals surface area contributed by atoms with E-state index < -0.39 is 5.91 Å². The highest BCUT2D eigenvalue weighted by Crippen LogP contribution is 2.28. The molecule has 0 atom stereocenters. The van der Waals surface area contributed by atoms with Crippen molar-refractivity contribution in [1.82, 2.24) is 10.4 Å². The van der Waals surface area contributed by atoms with Crippen molar-refractivity contribution in [2.75, 3.05) is 12.0 Å². The molecule has 0 aliphatic carbocycles. The first-order chi connectivity index (χ1) is 13.1. The predicted octanol–water partition coefficient (Wildman–Crippen LogP) is 3.56. The Labute approximate surface area is 157 Å². The molecule has 136 valence electrons. The molecule has 0 radical (unpaired) electrons. The number of rotatable bonds is 5. The molecule has 2 N–H and O–H groups in total. The third kappa shape index (κ3) is 3.47. The molecule has 0 saturated carbocycles. The summed E-state index contributed by atoms with van der Waals surface area (Å²) < 4.78 is 11.9. The first-order valence-electron chi connectivity index (χ1n) is 8.26. The van der Waals surface area contributed by atoms with Gasteiger partial charge in [0.2, 0.25) is 5.13 Å². The second-order valence-electron chi connectivity index (χ2n) is 5.63. The van der Waals surface area contributed by atoms with Crippen LogP contribution in [0.2, 0.25) is 0 Å². The maximum Gasteiger partial charge on any atom is 0.305 e. The zero-order valence-corrected chi connectivity index (χ0v) is 15.1. The average Bonchev–Trinajstić information content (AvgIpc) is 3.08. The van der Waals surface area contributed by atoms with Gasteiger partial charge in [0.15, 0.2) is 11.2 Å². The third-order valence-corrected chi connectivity index (χ3v) is 4.75. The first kappa shape index (κ1) is 17.0. The second-order valence-corrected chi connectivity index (χ2v) is 6.66. The van der Waals surface area contributed by atoms with Crippen LogP contribution in [0.1, 0.15) is 17.5 Å². The number of hydrazine groups is 1. The number of hydrogen-bond acceptors (Lipinski definition) is 7. The summed E-state index contributed by atoms with van der Waals surface area (Å²) in [5.41, 5.74) is 6.14. The quantitative estimate of drug-likeness (QED) is 0.514. The molecule has 0 saturated heterocycles. The van der Waals surface area contributed by atoms with Gasteiger partial charge in [0.1, 0.15) is 11.3 Å². The molecule has 0 spiro atoms. The molecular formula is C19H15N3O4S. The van der Waals surface area contributed by atoms with Crippen molar-refractivity contribution >= 4 is 43.6 Å². The summed E-state index contributed by atoms with van der Waals surface area (Å²) in [4.78, 5) is 28.8. The van der Waals surface area contributed by atoms with Gasteiger partial charge < -0.3 is 9.15 Å². The summed E-state index contributed by atoms with van der Waals surface area (Å²) >= 11 is 1.37. The number of amides is 1. The van der Waals surface area contributed by atoms with Crippen molar-refractivity contribution in [3.05, 3.63) is 64.5 Å². The van der Waals surface area contributed by atoms with Crippen molar-refractivity contribution < 1.29 is 13.9 Å². The molecular weight excluding hydrogens is 366 g/mol. The molecule has 1 amide bonds. The number of nitrogens with one attached hydrogen (secondary N) is 2. The van der Waals surface area contributed by atoms with Crippen LogP contribution in [-0.4, -0.2) is 17.5 Å². The fourth-order valence-electron chi connectivity index (χ4n) is 2.60. The molecule has 4 rings (SSSR count). The van der Waals surface area contributed by atoms with Crippen LogP contribution < -0.4 is 21.0 Å². The second kappa shape index (κ2) is 7.08. The Morgan fingerprint density at radius 2 is 2.07 bits per heavy atom. The lowest BCUT2D eigenvalue weighted by Crippen LogP contribution is -2.29. The Morgan fingerprint density at radius 3 is 2.93 bits per heavy atom. The average molecular weight is 381 g/mol. The molecule has 7 nitrogen and oxygen atoms in total. The zero-order valence-electron chi connectivity index (χ0n) is 14.3. The zero-order chi connectivity index (χ0) is 18.8. The van der Waals surface area contributed by atoms with Gasteiger partial charge in [-0.15, -0.1) is 0 Å². The van der Waals surface area contributed by atoms with Crippen LogP contribution in [0, 0.1) is 0 Å². The lowest BCUT2D eigenvalue weighted by molar-refractivity contribution is 0.0935. The minimum Gasteiger partial charge on any atom is -0.494 e.